The zero-order valence-corrected chi connectivity index (χ0v) is 51.2. The van der Waals surface area contributed by atoms with Gasteiger partial charge in [0, 0.05) is 87.7 Å². The minimum Gasteiger partial charge on any atom is -0.309 e. The van der Waals surface area contributed by atoms with Gasteiger partial charge in [0.05, 0.1) is 60.9 Å². The number of alkyl halides is 3. The number of rotatable bonds is 8. The number of halogens is 3. The van der Waals surface area contributed by atoms with Crippen molar-refractivity contribution in [1.82, 2.24) is 28.2 Å². The fourth-order valence-corrected chi connectivity index (χ4v) is 15.2. The minimum atomic E-state index is -4.59. The third kappa shape index (κ3) is 8.59. The highest BCUT2D eigenvalue weighted by Crippen LogP contribution is 2.44. The Kier molecular flexibility index (Phi) is 11.9. The number of para-hydroxylation sites is 6. The second-order valence-corrected chi connectivity index (χ2v) is 24.9. The summed E-state index contributed by atoms with van der Waals surface area (Å²) in [5, 5.41) is 11.5. The Morgan fingerprint density at radius 1 is 0.263 bits per heavy atom. The van der Waals surface area contributed by atoms with Gasteiger partial charge in [-0.15, -0.1) is 0 Å². The molecule has 0 saturated carbocycles. The van der Waals surface area contributed by atoms with Crippen LogP contribution in [0.5, 0.6) is 0 Å². The molecule has 14 aromatic carbocycles. The molecule has 0 aliphatic carbocycles. The summed E-state index contributed by atoms with van der Waals surface area (Å²) in [4.78, 5) is 11.0. The lowest BCUT2D eigenvalue weighted by molar-refractivity contribution is -0.137. The highest BCUT2D eigenvalue weighted by Gasteiger charge is 2.32. The third-order valence-electron chi connectivity index (χ3n) is 19.3. The lowest BCUT2D eigenvalue weighted by atomic mass is 9.98. The van der Waals surface area contributed by atoms with E-state index in [9.17, 15) is 13.2 Å². The molecule has 0 spiro atoms. The van der Waals surface area contributed by atoms with Gasteiger partial charge >= 0.3 is 6.18 Å². The molecule has 95 heavy (non-hydrogen) atoms. The molecule has 0 unspecified atom stereocenters. The molecule has 0 bridgehead atoms. The van der Waals surface area contributed by atoms with Crippen molar-refractivity contribution in [3.8, 4) is 67.6 Å². The van der Waals surface area contributed by atoms with Crippen LogP contribution in [-0.4, -0.2) is 28.2 Å². The molecule has 0 amide bonds. The number of fused-ring (bicyclic) bond motifs is 15. The fraction of sp³-hybridized carbons (Fsp3) is 0.0233. The summed E-state index contributed by atoms with van der Waals surface area (Å²) >= 11 is 0. The Morgan fingerprint density at radius 2 is 0.663 bits per heavy atom. The van der Waals surface area contributed by atoms with Crippen LogP contribution in [0.25, 0.3) is 177 Å². The predicted octanol–water partition coefficient (Wildman–Crippen LogP) is 23.2. The van der Waals surface area contributed by atoms with E-state index in [1.54, 1.807) is 13.0 Å². The molecule has 0 aliphatic rings. The summed E-state index contributed by atoms with van der Waals surface area (Å²) in [5.41, 5.74) is 18.5. The van der Waals surface area contributed by atoms with Crippen LogP contribution < -0.4 is 0 Å². The van der Waals surface area contributed by atoms with Gasteiger partial charge in [-0.25, -0.2) is 9.97 Å². The molecule has 0 aliphatic heterocycles. The SMILES string of the molecule is Cc1cc(-c2nc(-c3cc(-n4c5ccccc5c5ccc(-c6ccc7c(c6)c6ccccc6n7-c6ccccc6)cc54)cc(-n4c5ccccc5c5ccc(-c6ccc7c(c6)c6ccccc6n7-c6ccccc6)cc54)c3)nc3c2ccc2ccccc23)cc(C(F)(F)F)c1. The number of aromatic nitrogens is 6. The van der Waals surface area contributed by atoms with E-state index in [4.69, 9.17) is 9.97 Å². The molecule has 9 heteroatoms. The first-order valence-electron chi connectivity index (χ1n) is 31.9. The average Bonchev–Trinajstić information content (AvgIpc) is 1.65. The van der Waals surface area contributed by atoms with Crippen molar-refractivity contribution < 1.29 is 13.2 Å². The van der Waals surface area contributed by atoms with Crippen molar-refractivity contribution in [1.29, 1.82) is 0 Å². The van der Waals surface area contributed by atoms with Gasteiger partial charge in [0.2, 0.25) is 0 Å². The van der Waals surface area contributed by atoms with Crippen LogP contribution in [-0.2, 0) is 6.18 Å². The summed E-state index contributed by atoms with van der Waals surface area (Å²) in [6.07, 6.45) is -4.59. The summed E-state index contributed by atoms with van der Waals surface area (Å²) in [6.45, 7) is 1.70. The smallest absolute Gasteiger partial charge is 0.309 e. The lowest BCUT2D eigenvalue weighted by Gasteiger charge is -2.17. The summed E-state index contributed by atoms with van der Waals surface area (Å²) in [7, 11) is 0. The Morgan fingerprint density at radius 3 is 1.17 bits per heavy atom. The third-order valence-corrected chi connectivity index (χ3v) is 19.3. The highest BCUT2D eigenvalue weighted by atomic mass is 19.4. The topological polar surface area (TPSA) is 45.5 Å². The average molecular weight is 1230 g/mol. The van der Waals surface area contributed by atoms with Crippen molar-refractivity contribution in [2.24, 2.45) is 0 Å². The van der Waals surface area contributed by atoms with E-state index in [1.807, 2.05) is 36.4 Å². The van der Waals surface area contributed by atoms with E-state index in [2.05, 4.69) is 267 Å². The Bertz CT molecular complexity index is 6110. The maximum atomic E-state index is 14.9. The summed E-state index contributed by atoms with van der Waals surface area (Å²) in [6, 6.07) is 105. The van der Waals surface area contributed by atoms with Crippen molar-refractivity contribution in [3.05, 3.63) is 314 Å². The van der Waals surface area contributed by atoms with E-state index in [0.717, 1.165) is 132 Å². The number of nitrogens with zero attached hydrogens (tertiary/aromatic N) is 6. The normalized spacial score (nSPS) is 12.2. The van der Waals surface area contributed by atoms with E-state index in [0.29, 0.717) is 39.1 Å². The van der Waals surface area contributed by atoms with Crippen LogP contribution in [0.4, 0.5) is 13.2 Å². The number of aryl methyl sites for hydroxylation is 1. The second-order valence-electron chi connectivity index (χ2n) is 24.9. The zero-order valence-electron chi connectivity index (χ0n) is 51.2. The molecule has 6 nitrogen and oxygen atoms in total. The number of hydrogen-bond donors (Lipinski definition) is 0. The van der Waals surface area contributed by atoms with Gasteiger partial charge in [-0.1, -0.05) is 176 Å². The Balaban J connectivity index is 0.872. The van der Waals surface area contributed by atoms with Gasteiger partial charge in [-0.3, -0.25) is 0 Å². The Labute approximate surface area is 542 Å². The van der Waals surface area contributed by atoms with E-state index in [-0.39, 0.29) is 0 Å². The number of hydrogen-bond acceptors (Lipinski definition) is 2. The van der Waals surface area contributed by atoms with Crippen LogP contribution in [0.3, 0.4) is 0 Å². The minimum absolute atomic E-state index is 0.355. The van der Waals surface area contributed by atoms with Gasteiger partial charge in [0.1, 0.15) is 0 Å². The molecule has 0 atom stereocenters. The molecule has 0 radical (unpaired) electrons. The van der Waals surface area contributed by atoms with Crippen LogP contribution >= 0.6 is 0 Å². The first kappa shape index (κ1) is 54.4. The quantitative estimate of drug-likeness (QED) is 0.142. The molecular formula is C86H53F3N6. The van der Waals surface area contributed by atoms with Gasteiger partial charge < -0.3 is 18.3 Å². The molecule has 0 N–H and O–H groups in total. The van der Waals surface area contributed by atoms with Gasteiger partial charge in [-0.2, -0.15) is 13.2 Å². The van der Waals surface area contributed by atoms with Crippen LogP contribution in [0, 0.1) is 6.92 Å². The van der Waals surface area contributed by atoms with Crippen molar-refractivity contribution in [2.45, 2.75) is 13.1 Å². The zero-order chi connectivity index (χ0) is 63.2. The van der Waals surface area contributed by atoms with Gasteiger partial charge in [0.25, 0.3) is 0 Å². The molecular weight excluding hydrogens is 1170 g/mol. The monoisotopic (exact) mass is 1230 g/mol. The van der Waals surface area contributed by atoms with Gasteiger partial charge in [-0.05, 0) is 168 Å². The van der Waals surface area contributed by atoms with Crippen LogP contribution in [0.15, 0.2) is 303 Å². The summed E-state index contributed by atoms with van der Waals surface area (Å²) in [5.74, 6) is 0.371. The van der Waals surface area contributed by atoms with Gasteiger partial charge in [0.15, 0.2) is 5.82 Å². The summed E-state index contributed by atoms with van der Waals surface area (Å²) < 4.78 is 54.1. The maximum Gasteiger partial charge on any atom is 0.416 e. The standard InChI is InChI=1S/C86H53F3N6/c1-52-42-58(44-60(43-52)86(87,88)89)83-72-39-32-53-18-8-9-23-65(53)84(72)91-85(90-83)59-45-63(94-75-28-14-10-24-66(75)70-37-33-56(49-81(70)94)54-35-40-79-73(47-54)68-26-12-16-30-77(68)92(79)61-19-4-2-5-20-61)51-64(46-59)95-76-29-15-11-25-67(76)71-38-34-57(50-82(71)95)55-36-41-80-74(48-55)69-27-13-17-31-78(69)93(80)62-21-6-3-7-22-62/h2-51H,1H3. The molecule has 19 rings (SSSR count). The van der Waals surface area contributed by atoms with Crippen molar-refractivity contribution in [3.63, 3.8) is 0 Å². The second kappa shape index (κ2) is 20.8. The van der Waals surface area contributed by atoms with Crippen LogP contribution in [0.2, 0.25) is 0 Å². The molecule has 0 saturated heterocycles. The maximum absolute atomic E-state index is 14.9. The highest BCUT2D eigenvalue weighted by molar-refractivity contribution is 6.16. The lowest BCUT2D eigenvalue weighted by Crippen LogP contribution is -2.06. The molecule has 19 aromatic rings. The van der Waals surface area contributed by atoms with E-state index in [1.165, 1.54) is 22.9 Å². The fourth-order valence-electron chi connectivity index (χ4n) is 15.2. The largest absolute Gasteiger partial charge is 0.416 e. The molecule has 448 valence electrons. The molecule has 5 heterocycles. The molecule has 5 aromatic heterocycles. The number of benzene rings is 14. The van der Waals surface area contributed by atoms with E-state index >= 15 is 0 Å². The first-order valence-corrected chi connectivity index (χ1v) is 31.9. The van der Waals surface area contributed by atoms with Crippen molar-refractivity contribution in [2.75, 3.05) is 0 Å². The predicted molar refractivity (Wildman–Crippen MR) is 386 cm³/mol. The van der Waals surface area contributed by atoms with Crippen molar-refractivity contribution >= 4 is 109 Å². The van der Waals surface area contributed by atoms with Crippen LogP contribution in [0.1, 0.15) is 11.1 Å². The first-order chi connectivity index (χ1) is 46.6. The Hall–Kier alpha value is -12.3. The van der Waals surface area contributed by atoms with E-state index < -0.39 is 11.7 Å². The molecule has 0 fully saturated rings.